The number of ether oxygens (including phenoxy) is 1. The quantitative estimate of drug-likeness (QED) is 0.786. The maximum absolute atomic E-state index is 6.18. The van der Waals surface area contributed by atoms with Gasteiger partial charge in [-0.2, -0.15) is 0 Å². The monoisotopic (exact) mass is 389 g/mol. The summed E-state index contributed by atoms with van der Waals surface area (Å²) in [5.41, 5.74) is 4.42. The fraction of sp³-hybridized carbons (Fsp3) is 0.350. The predicted octanol–water partition coefficient (Wildman–Crippen LogP) is 4.31. The molecule has 1 aliphatic heterocycles. The molecule has 0 aliphatic carbocycles. The first-order valence-corrected chi connectivity index (χ1v) is 9.51. The van der Waals surface area contributed by atoms with Crippen LogP contribution >= 0.6 is 23.8 Å². The van der Waals surface area contributed by atoms with E-state index in [2.05, 4.69) is 34.5 Å². The second-order valence-electron chi connectivity index (χ2n) is 6.52. The zero-order valence-electron chi connectivity index (χ0n) is 15.2. The summed E-state index contributed by atoms with van der Waals surface area (Å²) in [6, 6.07) is 14.5. The van der Waals surface area contributed by atoms with E-state index >= 15 is 0 Å². The lowest BCUT2D eigenvalue weighted by atomic mass is 10.2. The summed E-state index contributed by atoms with van der Waals surface area (Å²) in [7, 11) is 1.99. The molecule has 3 rings (SSSR count). The highest BCUT2D eigenvalue weighted by molar-refractivity contribution is 7.80. The first kappa shape index (κ1) is 19.0. The second-order valence-corrected chi connectivity index (χ2v) is 7.31. The average molecular weight is 390 g/mol. The standard InChI is InChI=1S/C20H24ClN3OS/c1-15-3-6-17(13-19(15)21)22-20(26)23(2)14-16-4-7-18(8-5-16)24-9-11-25-12-10-24/h3-8,13H,9-12,14H2,1-2H3,(H,22,26). The summed E-state index contributed by atoms with van der Waals surface area (Å²) in [4.78, 5) is 4.37. The number of anilines is 2. The lowest BCUT2D eigenvalue weighted by molar-refractivity contribution is 0.122. The number of rotatable bonds is 4. The van der Waals surface area contributed by atoms with Gasteiger partial charge in [0.15, 0.2) is 5.11 Å². The first-order valence-electron chi connectivity index (χ1n) is 8.73. The van der Waals surface area contributed by atoms with Gasteiger partial charge < -0.3 is 19.9 Å². The third-order valence-corrected chi connectivity index (χ3v) is 5.32. The highest BCUT2D eigenvalue weighted by atomic mass is 35.5. The smallest absolute Gasteiger partial charge is 0.173 e. The number of halogens is 1. The summed E-state index contributed by atoms with van der Waals surface area (Å²) in [5, 5.41) is 4.65. The van der Waals surface area contributed by atoms with Crippen LogP contribution in [0.1, 0.15) is 11.1 Å². The molecule has 6 heteroatoms. The van der Waals surface area contributed by atoms with Gasteiger partial charge >= 0.3 is 0 Å². The Balaban J connectivity index is 1.57. The van der Waals surface area contributed by atoms with E-state index in [1.165, 1.54) is 11.3 Å². The van der Waals surface area contributed by atoms with Crippen LogP contribution in [-0.4, -0.2) is 43.4 Å². The molecule has 26 heavy (non-hydrogen) atoms. The van der Waals surface area contributed by atoms with Crippen molar-refractivity contribution in [3.8, 4) is 0 Å². The number of benzene rings is 2. The number of hydrogen-bond acceptors (Lipinski definition) is 3. The lowest BCUT2D eigenvalue weighted by Gasteiger charge is -2.29. The van der Waals surface area contributed by atoms with Crippen LogP contribution in [0.4, 0.5) is 11.4 Å². The molecule has 1 N–H and O–H groups in total. The minimum absolute atomic E-state index is 0.669. The van der Waals surface area contributed by atoms with E-state index in [9.17, 15) is 0 Å². The van der Waals surface area contributed by atoms with Crippen molar-refractivity contribution in [3.05, 3.63) is 58.6 Å². The average Bonchev–Trinajstić information content (AvgIpc) is 2.66. The van der Waals surface area contributed by atoms with Gasteiger partial charge in [0.1, 0.15) is 0 Å². The molecule has 1 aliphatic rings. The number of nitrogens with zero attached hydrogens (tertiary/aromatic N) is 2. The Bertz CT molecular complexity index is 760. The molecule has 0 atom stereocenters. The molecule has 1 fully saturated rings. The molecule has 2 aromatic carbocycles. The largest absolute Gasteiger partial charge is 0.378 e. The summed E-state index contributed by atoms with van der Waals surface area (Å²) >= 11 is 11.7. The molecular formula is C20H24ClN3OS. The fourth-order valence-corrected chi connectivity index (χ4v) is 3.23. The maximum atomic E-state index is 6.18. The van der Waals surface area contributed by atoms with E-state index in [1.54, 1.807) is 0 Å². The van der Waals surface area contributed by atoms with E-state index in [0.29, 0.717) is 5.11 Å². The van der Waals surface area contributed by atoms with Crippen molar-refractivity contribution in [1.29, 1.82) is 0 Å². The molecule has 0 spiro atoms. The lowest BCUT2D eigenvalue weighted by Crippen LogP contribution is -2.36. The van der Waals surface area contributed by atoms with Crippen LogP contribution in [0.25, 0.3) is 0 Å². The molecule has 2 aromatic rings. The molecule has 0 unspecified atom stereocenters. The molecule has 4 nitrogen and oxygen atoms in total. The van der Waals surface area contributed by atoms with Crippen LogP contribution in [0.15, 0.2) is 42.5 Å². The van der Waals surface area contributed by atoms with Crippen molar-refractivity contribution in [2.75, 3.05) is 43.6 Å². The van der Waals surface area contributed by atoms with E-state index < -0.39 is 0 Å². The van der Waals surface area contributed by atoms with Gasteiger partial charge in [0, 0.05) is 43.1 Å². The molecule has 0 saturated carbocycles. The van der Waals surface area contributed by atoms with Crippen LogP contribution in [-0.2, 0) is 11.3 Å². The summed E-state index contributed by atoms with van der Waals surface area (Å²) in [5.74, 6) is 0. The molecule has 0 aromatic heterocycles. The minimum atomic E-state index is 0.669. The Labute approximate surface area is 165 Å². The Hall–Kier alpha value is -1.82. The third-order valence-electron chi connectivity index (χ3n) is 4.50. The molecule has 0 radical (unpaired) electrons. The Kier molecular flexibility index (Phi) is 6.35. The summed E-state index contributed by atoms with van der Waals surface area (Å²) in [6.07, 6.45) is 0. The number of nitrogens with one attached hydrogen (secondary N) is 1. The van der Waals surface area contributed by atoms with Crippen molar-refractivity contribution >= 4 is 40.3 Å². The first-order chi connectivity index (χ1) is 12.5. The van der Waals surface area contributed by atoms with Crippen LogP contribution in [0.3, 0.4) is 0 Å². The highest BCUT2D eigenvalue weighted by Gasteiger charge is 2.11. The van der Waals surface area contributed by atoms with Gasteiger partial charge in [0.2, 0.25) is 0 Å². The van der Waals surface area contributed by atoms with E-state index in [4.69, 9.17) is 28.6 Å². The number of aryl methyl sites for hydroxylation is 1. The second kappa shape index (κ2) is 8.71. The van der Waals surface area contributed by atoms with Crippen molar-refractivity contribution in [1.82, 2.24) is 4.90 Å². The Morgan fingerprint density at radius 1 is 1.19 bits per heavy atom. The van der Waals surface area contributed by atoms with Gasteiger partial charge in [-0.1, -0.05) is 29.8 Å². The van der Waals surface area contributed by atoms with Gasteiger partial charge in [-0.05, 0) is 54.5 Å². The zero-order valence-corrected chi connectivity index (χ0v) is 16.7. The van der Waals surface area contributed by atoms with Crippen LogP contribution in [0, 0.1) is 6.92 Å². The van der Waals surface area contributed by atoms with Crippen LogP contribution in [0.2, 0.25) is 5.02 Å². The topological polar surface area (TPSA) is 27.7 Å². The van der Waals surface area contributed by atoms with E-state index in [-0.39, 0.29) is 0 Å². The molecular weight excluding hydrogens is 366 g/mol. The predicted molar refractivity (Wildman–Crippen MR) is 113 cm³/mol. The number of hydrogen-bond donors (Lipinski definition) is 1. The minimum Gasteiger partial charge on any atom is -0.378 e. The zero-order chi connectivity index (χ0) is 18.5. The normalized spacial score (nSPS) is 14.2. The van der Waals surface area contributed by atoms with Gasteiger partial charge in [-0.25, -0.2) is 0 Å². The van der Waals surface area contributed by atoms with Gasteiger partial charge in [0.25, 0.3) is 0 Å². The molecule has 1 heterocycles. The maximum Gasteiger partial charge on any atom is 0.173 e. The Morgan fingerprint density at radius 2 is 1.88 bits per heavy atom. The number of thiocarbonyl (C=S) groups is 1. The van der Waals surface area contributed by atoms with Crippen molar-refractivity contribution in [3.63, 3.8) is 0 Å². The molecule has 0 bridgehead atoms. The molecule has 0 amide bonds. The van der Waals surface area contributed by atoms with Crippen LogP contribution < -0.4 is 10.2 Å². The fourth-order valence-electron chi connectivity index (χ4n) is 2.87. The highest BCUT2D eigenvalue weighted by Crippen LogP contribution is 2.21. The third kappa shape index (κ3) is 4.87. The SMILES string of the molecule is Cc1ccc(NC(=S)N(C)Cc2ccc(N3CCOCC3)cc2)cc1Cl. The molecule has 138 valence electrons. The van der Waals surface area contributed by atoms with E-state index in [1.807, 2.05) is 37.1 Å². The Morgan fingerprint density at radius 3 is 2.54 bits per heavy atom. The van der Waals surface area contributed by atoms with Crippen molar-refractivity contribution in [2.45, 2.75) is 13.5 Å². The van der Waals surface area contributed by atoms with Crippen molar-refractivity contribution in [2.24, 2.45) is 0 Å². The van der Waals surface area contributed by atoms with Crippen molar-refractivity contribution < 1.29 is 4.74 Å². The van der Waals surface area contributed by atoms with E-state index in [0.717, 1.165) is 49.1 Å². The van der Waals surface area contributed by atoms with Gasteiger partial charge in [0.05, 0.1) is 13.2 Å². The number of morpholine rings is 1. The summed E-state index contributed by atoms with van der Waals surface area (Å²) < 4.78 is 5.41. The molecule has 1 saturated heterocycles. The van der Waals surface area contributed by atoms with Gasteiger partial charge in [-0.3, -0.25) is 0 Å². The summed E-state index contributed by atoms with van der Waals surface area (Å²) in [6.45, 7) is 6.23. The van der Waals surface area contributed by atoms with Crippen LogP contribution in [0.5, 0.6) is 0 Å². The van der Waals surface area contributed by atoms with Gasteiger partial charge in [-0.15, -0.1) is 0 Å².